The molecule has 1 aliphatic carbocycles. The summed E-state index contributed by atoms with van der Waals surface area (Å²) in [6.45, 7) is 6.95. The number of rotatable bonds is 1. The smallest absolute Gasteiger partial charge is 0.178 e. The van der Waals surface area contributed by atoms with Gasteiger partial charge >= 0.3 is 0 Å². The summed E-state index contributed by atoms with van der Waals surface area (Å²) in [6.07, 6.45) is 5.19. The number of nitrogens with zero attached hydrogens (tertiary/aromatic N) is 1. The van der Waals surface area contributed by atoms with Crippen LogP contribution in [0.4, 0.5) is 0 Å². The Hall–Kier alpha value is -1.09. The zero-order valence-electron chi connectivity index (χ0n) is 12.0. The van der Waals surface area contributed by atoms with E-state index in [1.807, 2.05) is 0 Å². The van der Waals surface area contributed by atoms with E-state index in [0.29, 0.717) is 11.5 Å². The number of hydrogen-bond acceptors (Lipinski definition) is 1. The van der Waals surface area contributed by atoms with Gasteiger partial charge in [0, 0.05) is 6.04 Å². The van der Waals surface area contributed by atoms with Crippen molar-refractivity contribution in [3.05, 3.63) is 28.5 Å². The molecule has 1 fully saturated rings. The molecule has 1 unspecified atom stereocenters. The molecular weight excluding hydrogens is 252 g/mol. The Kier molecular flexibility index (Phi) is 3.05. The van der Waals surface area contributed by atoms with Crippen molar-refractivity contribution < 1.29 is 0 Å². The number of para-hydroxylation sites is 1. The molecule has 0 amide bonds. The zero-order chi connectivity index (χ0) is 13.6. The normalized spacial score (nSPS) is 22.8. The number of hydrogen-bond donors (Lipinski definition) is 1. The zero-order valence-corrected chi connectivity index (χ0v) is 12.8. The van der Waals surface area contributed by atoms with Gasteiger partial charge in [-0.05, 0) is 49.0 Å². The lowest BCUT2D eigenvalue weighted by atomic mass is 9.73. The molecule has 1 aromatic heterocycles. The first-order valence-corrected chi connectivity index (χ1v) is 7.61. The second-order valence-corrected chi connectivity index (χ2v) is 6.91. The second kappa shape index (κ2) is 4.48. The number of aromatic amines is 1. The van der Waals surface area contributed by atoms with Crippen LogP contribution in [0.3, 0.4) is 0 Å². The van der Waals surface area contributed by atoms with Crippen LogP contribution in [0, 0.1) is 17.1 Å². The van der Waals surface area contributed by atoms with E-state index in [0.717, 1.165) is 4.77 Å². The van der Waals surface area contributed by atoms with E-state index in [-0.39, 0.29) is 0 Å². The topological polar surface area (TPSA) is 20.7 Å². The molecule has 2 nitrogen and oxygen atoms in total. The van der Waals surface area contributed by atoms with Crippen LogP contribution in [0.1, 0.15) is 51.1 Å². The molecule has 2 aromatic rings. The maximum Gasteiger partial charge on any atom is 0.178 e. The van der Waals surface area contributed by atoms with Crippen molar-refractivity contribution in [2.24, 2.45) is 5.41 Å². The van der Waals surface area contributed by atoms with E-state index < -0.39 is 0 Å². The van der Waals surface area contributed by atoms with Crippen LogP contribution in [0.15, 0.2) is 18.2 Å². The number of aromatic nitrogens is 2. The molecule has 0 bridgehead atoms. The van der Waals surface area contributed by atoms with Crippen LogP contribution in [-0.4, -0.2) is 9.55 Å². The highest BCUT2D eigenvalue weighted by atomic mass is 32.1. The molecule has 19 heavy (non-hydrogen) atoms. The van der Waals surface area contributed by atoms with Gasteiger partial charge in [0.25, 0.3) is 0 Å². The third kappa shape index (κ3) is 2.04. The SMILES string of the molecule is Cc1cccc2[nH]c(=S)n(C3CCCCC3(C)C)c12. The molecule has 1 aliphatic rings. The molecule has 1 aromatic carbocycles. The lowest BCUT2D eigenvalue weighted by Gasteiger charge is -2.39. The van der Waals surface area contributed by atoms with Crippen molar-refractivity contribution in [3.63, 3.8) is 0 Å². The standard InChI is InChI=1S/C16H22N2S/c1-11-7-6-8-12-14(11)18(15(19)17-12)13-9-4-5-10-16(13,2)3/h6-8,13H,4-5,9-10H2,1-3H3,(H,17,19). The molecule has 0 spiro atoms. The first kappa shape index (κ1) is 12.9. The highest BCUT2D eigenvalue weighted by molar-refractivity contribution is 7.71. The lowest BCUT2D eigenvalue weighted by molar-refractivity contribution is 0.146. The number of imidazole rings is 1. The summed E-state index contributed by atoms with van der Waals surface area (Å²) in [6, 6.07) is 6.92. The molecule has 102 valence electrons. The Morgan fingerprint density at radius 2 is 2.11 bits per heavy atom. The summed E-state index contributed by atoms with van der Waals surface area (Å²) in [5, 5.41) is 0. The van der Waals surface area contributed by atoms with Crippen LogP contribution in [0.5, 0.6) is 0 Å². The van der Waals surface area contributed by atoms with Gasteiger partial charge in [-0.3, -0.25) is 0 Å². The summed E-state index contributed by atoms with van der Waals surface area (Å²) < 4.78 is 3.27. The third-order valence-corrected chi connectivity index (χ3v) is 5.00. The predicted octanol–water partition coefficient (Wildman–Crippen LogP) is 5.15. The second-order valence-electron chi connectivity index (χ2n) is 6.52. The third-order valence-electron chi connectivity index (χ3n) is 4.70. The predicted molar refractivity (Wildman–Crippen MR) is 83.1 cm³/mol. The van der Waals surface area contributed by atoms with Crippen molar-refractivity contribution in [1.29, 1.82) is 0 Å². The van der Waals surface area contributed by atoms with Crippen LogP contribution in [-0.2, 0) is 0 Å². The van der Waals surface area contributed by atoms with E-state index >= 15 is 0 Å². The van der Waals surface area contributed by atoms with Gasteiger partial charge in [0.15, 0.2) is 4.77 Å². The minimum atomic E-state index is 0.327. The van der Waals surface area contributed by atoms with Crippen LogP contribution in [0.25, 0.3) is 11.0 Å². The van der Waals surface area contributed by atoms with E-state index in [4.69, 9.17) is 12.2 Å². The van der Waals surface area contributed by atoms with E-state index in [2.05, 4.69) is 48.5 Å². The molecule has 1 N–H and O–H groups in total. The molecule has 1 heterocycles. The molecule has 3 rings (SSSR count). The van der Waals surface area contributed by atoms with Crippen LogP contribution >= 0.6 is 12.2 Å². The highest BCUT2D eigenvalue weighted by Gasteiger charge is 2.34. The van der Waals surface area contributed by atoms with Crippen LogP contribution < -0.4 is 0 Å². The molecule has 3 heteroatoms. The van der Waals surface area contributed by atoms with Crippen molar-refractivity contribution in [2.45, 2.75) is 52.5 Å². The molecule has 1 atom stereocenters. The minimum Gasteiger partial charge on any atom is -0.331 e. The van der Waals surface area contributed by atoms with Gasteiger partial charge in [0.1, 0.15) is 0 Å². The highest BCUT2D eigenvalue weighted by Crippen LogP contribution is 2.45. The van der Waals surface area contributed by atoms with E-state index in [1.54, 1.807) is 0 Å². The summed E-state index contributed by atoms with van der Waals surface area (Å²) in [7, 11) is 0. The Labute approximate surface area is 119 Å². The van der Waals surface area contributed by atoms with Gasteiger partial charge in [-0.1, -0.05) is 38.8 Å². The summed E-state index contributed by atoms with van der Waals surface area (Å²) in [5.74, 6) is 0. The molecule has 0 radical (unpaired) electrons. The molecule has 0 aliphatic heterocycles. The fraction of sp³-hybridized carbons (Fsp3) is 0.562. The van der Waals surface area contributed by atoms with Crippen molar-refractivity contribution in [3.8, 4) is 0 Å². The average Bonchev–Trinajstić information content (AvgIpc) is 2.66. The Morgan fingerprint density at radius 3 is 2.84 bits per heavy atom. The van der Waals surface area contributed by atoms with Gasteiger partial charge in [0.2, 0.25) is 0 Å². The first-order valence-electron chi connectivity index (χ1n) is 7.20. The number of H-pyrrole nitrogens is 1. The van der Waals surface area contributed by atoms with E-state index in [1.165, 1.54) is 42.3 Å². The number of aryl methyl sites for hydroxylation is 1. The number of benzene rings is 1. The van der Waals surface area contributed by atoms with Crippen LogP contribution in [0.2, 0.25) is 0 Å². The van der Waals surface area contributed by atoms with Crippen molar-refractivity contribution in [2.75, 3.05) is 0 Å². The minimum absolute atomic E-state index is 0.327. The fourth-order valence-corrected chi connectivity index (χ4v) is 3.94. The Morgan fingerprint density at radius 1 is 1.32 bits per heavy atom. The van der Waals surface area contributed by atoms with Crippen molar-refractivity contribution in [1.82, 2.24) is 9.55 Å². The van der Waals surface area contributed by atoms with Gasteiger partial charge < -0.3 is 9.55 Å². The fourth-order valence-electron chi connectivity index (χ4n) is 3.61. The largest absolute Gasteiger partial charge is 0.331 e. The summed E-state index contributed by atoms with van der Waals surface area (Å²) in [5.41, 5.74) is 4.11. The Balaban J connectivity index is 2.25. The maximum atomic E-state index is 5.60. The Bertz CT molecular complexity index is 663. The van der Waals surface area contributed by atoms with Gasteiger partial charge in [-0.15, -0.1) is 0 Å². The maximum absolute atomic E-state index is 5.60. The monoisotopic (exact) mass is 274 g/mol. The van der Waals surface area contributed by atoms with Crippen molar-refractivity contribution >= 4 is 23.3 Å². The number of nitrogens with one attached hydrogen (secondary N) is 1. The van der Waals surface area contributed by atoms with Gasteiger partial charge in [-0.2, -0.15) is 0 Å². The lowest BCUT2D eigenvalue weighted by Crippen LogP contribution is -2.30. The number of fused-ring (bicyclic) bond motifs is 1. The molecule has 0 saturated heterocycles. The van der Waals surface area contributed by atoms with Gasteiger partial charge in [0.05, 0.1) is 11.0 Å². The molecule has 1 saturated carbocycles. The first-order chi connectivity index (χ1) is 9.00. The summed E-state index contributed by atoms with van der Waals surface area (Å²) >= 11 is 5.60. The van der Waals surface area contributed by atoms with E-state index in [9.17, 15) is 0 Å². The molecular formula is C16H22N2S. The van der Waals surface area contributed by atoms with Gasteiger partial charge in [-0.25, -0.2) is 0 Å². The average molecular weight is 274 g/mol. The quantitative estimate of drug-likeness (QED) is 0.713. The summed E-state index contributed by atoms with van der Waals surface area (Å²) in [4.78, 5) is 3.38.